The zero-order valence-corrected chi connectivity index (χ0v) is 10.2. The van der Waals surface area contributed by atoms with Crippen LogP contribution < -0.4 is 0 Å². The van der Waals surface area contributed by atoms with Gasteiger partial charge in [-0.1, -0.05) is 0 Å². The first-order chi connectivity index (χ1) is 9.56. The van der Waals surface area contributed by atoms with Crippen molar-refractivity contribution in [3.05, 3.63) is 0 Å². The Morgan fingerprint density at radius 3 is 1.71 bits per heavy atom. The number of carboxylic acids is 3. The maximum Gasteiger partial charge on any atom is 0.375 e. The minimum Gasteiger partial charge on any atom is -0.479 e. The highest BCUT2D eigenvalue weighted by Crippen LogP contribution is 2.04. The van der Waals surface area contributed by atoms with Gasteiger partial charge < -0.3 is 25.2 Å². The molecular formula is C10H10O11. The number of rotatable bonds is 9. The Hall–Kier alpha value is -2.82. The number of hydrogen-bond donors (Lipinski definition) is 4. The third-order valence-electron chi connectivity index (χ3n) is 2.03. The fraction of sp³-hybridized carbons (Fsp3) is 0.400. The van der Waals surface area contributed by atoms with Crippen LogP contribution in [-0.2, 0) is 33.5 Å². The van der Waals surface area contributed by atoms with E-state index in [1.165, 1.54) is 0 Å². The van der Waals surface area contributed by atoms with E-state index in [0.29, 0.717) is 0 Å². The van der Waals surface area contributed by atoms with Crippen molar-refractivity contribution in [2.24, 2.45) is 0 Å². The summed E-state index contributed by atoms with van der Waals surface area (Å²) < 4.78 is 4.10. The van der Waals surface area contributed by atoms with Crippen molar-refractivity contribution in [2.45, 2.75) is 25.0 Å². The van der Waals surface area contributed by atoms with Crippen LogP contribution in [0.1, 0.15) is 12.8 Å². The van der Waals surface area contributed by atoms with Gasteiger partial charge in [0, 0.05) is 0 Å². The van der Waals surface area contributed by atoms with Gasteiger partial charge in [-0.2, -0.15) is 0 Å². The second kappa shape index (κ2) is 7.69. The molecule has 0 bridgehead atoms. The van der Waals surface area contributed by atoms with Crippen LogP contribution >= 0.6 is 0 Å². The summed E-state index contributed by atoms with van der Waals surface area (Å²) in [6.45, 7) is 0. The molecule has 1 unspecified atom stereocenters. The molecule has 0 aromatic rings. The van der Waals surface area contributed by atoms with Crippen molar-refractivity contribution >= 4 is 35.4 Å². The van der Waals surface area contributed by atoms with Gasteiger partial charge in [0.25, 0.3) is 0 Å². The molecule has 0 spiro atoms. The molecule has 4 N–H and O–H groups in total. The van der Waals surface area contributed by atoms with Crippen molar-refractivity contribution in [1.82, 2.24) is 0 Å². The van der Waals surface area contributed by atoms with Crippen LogP contribution in [0.2, 0.25) is 0 Å². The summed E-state index contributed by atoms with van der Waals surface area (Å²) >= 11 is 0. The summed E-state index contributed by atoms with van der Waals surface area (Å²) in [5.41, 5.74) is 0. The molecule has 0 rings (SSSR count). The van der Waals surface area contributed by atoms with Crippen molar-refractivity contribution in [3.8, 4) is 0 Å². The van der Waals surface area contributed by atoms with Gasteiger partial charge in [0.2, 0.25) is 17.7 Å². The zero-order valence-electron chi connectivity index (χ0n) is 10.2. The molecule has 0 aliphatic rings. The van der Waals surface area contributed by atoms with E-state index in [9.17, 15) is 28.8 Å². The number of aliphatic hydroxyl groups excluding tert-OH is 1. The molecule has 0 aliphatic heterocycles. The molecule has 0 aromatic heterocycles. The number of ketones is 2. The number of ether oxygens (including phenoxy) is 1. The van der Waals surface area contributed by atoms with Crippen LogP contribution in [0.5, 0.6) is 0 Å². The molecule has 0 aliphatic carbocycles. The fourth-order valence-corrected chi connectivity index (χ4v) is 0.976. The third-order valence-corrected chi connectivity index (χ3v) is 2.03. The summed E-state index contributed by atoms with van der Waals surface area (Å²) in [6.07, 6.45) is -6.76. The zero-order chi connectivity index (χ0) is 16.7. The maximum absolute atomic E-state index is 11.2. The lowest BCUT2D eigenvalue weighted by Crippen LogP contribution is -2.35. The van der Waals surface area contributed by atoms with Gasteiger partial charge in [-0.25, -0.2) is 19.2 Å². The van der Waals surface area contributed by atoms with E-state index >= 15 is 0 Å². The summed E-state index contributed by atoms with van der Waals surface area (Å²) in [6, 6.07) is 0. The van der Waals surface area contributed by atoms with Crippen molar-refractivity contribution in [3.63, 3.8) is 0 Å². The van der Waals surface area contributed by atoms with Crippen molar-refractivity contribution < 1.29 is 53.9 Å². The van der Waals surface area contributed by atoms with Gasteiger partial charge in [0.1, 0.15) is 0 Å². The lowest BCUT2D eigenvalue weighted by atomic mass is 10.1. The SMILES string of the molecule is O=C(O)C(=O)CC(OC(=O)C(=O)C[C@@H](O)C(=O)O)C(=O)O. The van der Waals surface area contributed by atoms with Gasteiger partial charge in [-0.3, -0.25) is 9.59 Å². The first-order valence-electron chi connectivity index (χ1n) is 5.19. The monoisotopic (exact) mass is 306 g/mol. The molecule has 11 heteroatoms. The number of Topliss-reactive ketones (excluding diaryl/α,β-unsaturated/α-hetero) is 2. The van der Waals surface area contributed by atoms with Crippen LogP contribution in [0.3, 0.4) is 0 Å². The summed E-state index contributed by atoms with van der Waals surface area (Å²) in [4.78, 5) is 64.3. The molecule has 0 saturated heterocycles. The smallest absolute Gasteiger partial charge is 0.375 e. The van der Waals surface area contributed by atoms with Crippen molar-refractivity contribution in [2.75, 3.05) is 0 Å². The normalized spacial score (nSPS) is 12.8. The van der Waals surface area contributed by atoms with E-state index in [1.807, 2.05) is 0 Å². The first kappa shape index (κ1) is 18.2. The van der Waals surface area contributed by atoms with E-state index < -0.39 is 60.5 Å². The lowest BCUT2D eigenvalue weighted by molar-refractivity contribution is -0.170. The van der Waals surface area contributed by atoms with Crippen LogP contribution in [0.25, 0.3) is 0 Å². The van der Waals surface area contributed by atoms with Crippen LogP contribution in [0.4, 0.5) is 0 Å². The molecule has 2 atom stereocenters. The average Bonchev–Trinajstić information content (AvgIpc) is 2.36. The third kappa shape index (κ3) is 6.24. The largest absolute Gasteiger partial charge is 0.479 e. The van der Waals surface area contributed by atoms with Gasteiger partial charge >= 0.3 is 23.9 Å². The standard InChI is InChI=1S/C10H10O11/c11-3(7(14)15)1-5(13)10(20)21-6(9(18)19)2-4(12)8(16)17/h3,6,11H,1-2H2,(H,14,15)(H,16,17)(H,18,19)/t3-,6?/m1/s1. The number of carbonyl (C=O) groups excluding carboxylic acids is 3. The van der Waals surface area contributed by atoms with Gasteiger partial charge in [-0.05, 0) is 0 Å². The Bertz CT molecular complexity index is 491. The molecule has 0 heterocycles. The molecule has 0 aromatic carbocycles. The number of carboxylic acid groups (broad SMARTS) is 3. The molecule has 116 valence electrons. The second-order valence-corrected chi connectivity index (χ2v) is 3.65. The Morgan fingerprint density at radius 2 is 1.33 bits per heavy atom. The summed E-state index contributed by atoms with van der Waals surface area (Å²) in [5.74, 6) is -10.5. The average molecular weight is 306 g/mol. The predicted molar refractivity (Wildman–Crippen MR) is 58.0 cm³/mol. The fourth-order valence-electron chi connectivity index (χ4n) is 0.976. The Labute approximate surface area is 115 Å². The number of hydrogen-bond acceptors (Lipinski definition) is 8. The molecule has 0 saturated carbocycles. The number of aliphatic carboxylic acids is 3. The number of esters is 1. The summed E-state index contributed by atoms with van der Waals surface area (Å²) in [5, 5.41) is 34.1. The van der Waals surface area contributed by atoms with E-state index in [-0.39, 0.29) is 0 Å². The predicted octanol–water partition coefficient (Wildman–Crippen LogP) is -2.57. The van der Waals surface area contributed by atoms with Crippen LogP contribution in [-0.4, -0.2) is 68.1 Å². The molecule has 11 nitrogen and oxygen atoms in total. The molecule has 0 amide bonds. The van der Waals surface area contributed by atoms with E-state index in [0.717, 1.165) is 0 Å². The minimum atomic E-state index is -2.22. The second-order valence-electron chi connectivity index (χ2n) is 3.65. The highest BCUT2D eigenvalue weighted by Gasteiger charge is 2.32. The van der Waals surface area contributed by atoms with E-state index in [2.05, 4.69) is 4.74 Å². The first-order valence-corrected chi connectivity index (χ1v) is 5.19. The van der Waals surface area contributed by atoms with Crippen molar-refractivity contribution in [1.29, 1.82) is 0 Å². The van der Waals surface area contributed by atoms with E-state index in [1.54, 1.807) is 0 Å². The molecular weight excluding hydrogens is 296 g/mol. The van der Waals surface area contributed by atoms with Gasteiger partial charge in [0.05, 0.1) is 12.8 Å². The highest BCUT2D eigenvalue weighted by atomic mass is 16.6. The van der Waals surface area contributed by atoms with Gasteiger partial charge in [-0.15, -0.1) is 0 Å². The quantitative estimate of drug-likeness (QED) is 0.258. The minimum absolute atomic E-state index is 1.16. The van der Waals surface area contributed by atoms with Gasteiger partial charge in [0.15, 0.2) is 6.10 Å². The van der Waals surface area contributed by atoms with Crippen LogP contribution in [0, 0.1) is 0 Å². The maximum atomic E-state index is 11.2. The Morgan fingerprint density at radius 1 is 0.810 bits per heavy atom. The highest BCUT2D eigenvalue weighted by molar-refractivity contribution is 6.35. The molecule has 0 fully saturated rings. The van der Waals surface area contributed by atoms with E-state index in [4.69, 9.17) is 20.4 Å². The molecule has 21 heavy (non-hydrogen) atoms. The van der Waals surface area contributed by atoms with Crippen LogP contribution in [0.15, 0.2) is 0 Å². The number of carbonyl (C=O) groups is 6. The Kier molecular flexibility index (Phi) is 6.66. The number of aliphatic hydroxyl groups is 1. The lowest BCUT2D eigenvalue weighted by Gasteiger charge is -2.11. The topological polar surface area (TPSA) is 193 Å². The molecule has 0 radical (unpaired) electrons. The summed E-state index contributed by atoms with van der Waals surface area (Å²) in [7, 11) is 0. The Balaban J connectivity index is 4.72.